The first-order chi connectivity index (χ1) is 14.4. The molecule has 0 heterocycles. The number of ether oxygens (including phenoxy) is 1. The molecule has 0 saturated carbocycles. The third kappa shape index (κ3) is 5.66. The number of hydrogen-bond acceptors (Lipinski definition) is 5. The van der Waals surface area contributed by atoms with Gasteiger partial charge in [-0.3, -0.25) is 9.59 Å². The molecule has 0 aliphatic rings. The van der Waals surface area contributed by atoms with Gasteiger partial charge in [-0.2, -0.15) is 5.10 Å². The van der Waals surface area contributed by atoms with Crippen LogP contribution in [-0.4, -0.2) is 35.7 Å². The molecule has 0 atom stereocenters. The molecule has 3 N–H and O–H groups in total. The first-order valence-corrected chi connectivity index (χ1v) is 9.66. The van der Waals surface area contributed by atoms with E-state index < -0.39 is 17.8 Å². The number of carboxylic acids is 1. The van der Waals surface area contributed by atoms with Gasteiger partial charge in [-0.15, -0.1) is 0 Å². The molecule has 0 spiro atoms. The van der Waals surface area contributed by atoms with Crippen LogP contribution in [0.25, 0.3) is 0 Å². The number of benzene rings is 2. The summed E-state index contributed by atoms with van der Waals surface area (Å²) in [6.07, 6.45) is 2.66. The van der Waals surface area contributed by atoms with Crippen molar-refractivity contribution >= 4 is 29.7 Å². The SMILES string of the molecule is CCOc1ccc(C(=O)O)cc1/C=N\NC(=O)C(=O)Nc1c(CC)cccc1CC. The van der Waals surface area contributed by atoms with Crippen LogP contribution in [0.3, 0.4) is 0 Å². The van der Waals surface area contributed by atoms with Crippen LogP contribution in [0.2, 0.25) is 0 Å². The number of hydrazone groups is 1. The quantitative estimate of drug-likeness (QED) is 0.351. The number of nitrogens with one attached hydrogen (secondary N) is 2. The molecule has 0 radical (unpaired) electrons. The number of aryl methyl sites for hydroxylation is 2. The van der Waals surface area contributed by atoms with Crippen LogP contribution in [0.15, 0.2) is 41.5 Å². The molecule has 2 aromatic carbocycles. The van der Waals surface area contributed by atoms with Gasteiger partial charge < -0.3 is 15.2 Å². The standard InChI is InChI=1S/C22H25N3O5/c1-4-14-8-7-9-15(5-2)19(14)24-20(26)21(27)25-23-13-17-12-16(22(28)29)10-11-18(17)30-6-3/h7-13H,4-6H2,1-3H3,(H,24,26)(H,25,27)(H,28,29)/b23-13-. The Morgan fingerprint density at radius 2 is 1.70 bits per heavy atom. The summed E-state index contributed by atoms with van der Waals surface area (Å²) in [5.74, 6) is -2.47. The normalized spacial score (nSPS) is 10.6. The molecular formula is C22H25N3O5. The van der Waals surface area contributed by atoms with Crippen molar-refractivity contribution in [1.29, 1.82) is 0 Å². The van der Waals surface area contributed by atoms with E-state index in [4.69, 9.17) is 9.84 Å². The van der Waals surface area contributed by atoms with Gasteiger partial charge in [0.1, 0.15) is 5.75 Å². The molecule has 0 fully saturated rings. The molecule has 2 amide bonds. The molecule has 158 valence electrons. The van der Waals surface area contributed by atoms with Crippen LogP contribution >= 0.6 is 0 Å². The van der Waals surface area contributed by atoms with Crippen molar-refractivity contribution < 1.29 is 24.2 Å². The number of anilines is 1. The van der Waals surface area contributed by atoms with Gasteiger partial charge in [0.25, 0.3) is 0 Å². The minimum absolute atomic E-state index is 0.0484. The topological polar surface area (TPSA) is 117 Å². The molecule has 0 unspecified atom stereocenters. The maximum absolute atomic E-state index is 12.3. The zero-order valence-corrected chi connectivity index (χ0v) is 17.2. The average molecular weight is 411 g/mol. The Bertz CT molecular complexity index is 947. The number of hydrogen-bond donors (Lipinski definition) is 3. The van der Waals surface area contributed by atoms with Crippen LogP contribution in [0.5, 0.6) is 5.75 Å². The molecule has 30 heavy (non-hydrogen) atoms. The van der Waals surface area contributed by atoms with Gasteiger partial charge in [0.2, 0.25) is 0 Å². The number of para-hydroxylation sites is 1. The van der Waals surface area contributed by atoms with E-state index in [1.54, 1.807) is 6.92 Å². The third-order valence-electron chi connectivity index (χ3n) is 4.37. The van der Waals surface area contributed by atoms with Crippen LogP contribution in [-0.2, 0) is 22.4 Å². The highest BCUT2D eigenvalue weighted by atomic mass is 16.5. The molecule has 0 bridgehead atoms. The molecule has 0 aliphatic carbocycles. The first-order valence-electron chi connectivity index (χ1n) is 9.66. The number of carboxylic acid groups (broad SMARTS) is 1. The predicted molar refractivity (Wildman–Crippen MR) is 114 cm³/mol. The fourth-order valence-corrected chi connectivity index (χ4v) is 2.85. The highest BCUT2D eigenvalue weighted by Gasteiger charge is 2.16. The van der Waals surface area contributed by atoms with Crippen molar-refractivity contribution in [2.45, 2.75) is 33.6 Å². The highest BCUT2D eigenvalue weighted by Crippen LogP contribution is 2.22. The lowest BCUT2D eigenvalue weighted by Gasteiger charge is -2.13. The maximum Gasteiger partial charge on any atom is 0.335 e. The van der Waals surface area contributed by atoms with Crippen LogP contribution in [0, 0.1) is 0 Å². The summed E-state index contributed by atoms with van der Waals surface area (Å²) < 4.78 is 5.43. The second-order valence-corrected chi connectivity index (χ2v) is 6.30. The van der Waals surface area contributed by atoms with E-state index >= 15 is 0 Å². The fourth-order valence-electron chi connectivity index (χ4n) is 2.85. The monoisotopic (exact) mass is 411 g/mol. The smallest absolute Gasteiger partial charge is 0.335 e. The number of amides is 2. The Labute approximate surface area is 174 Å². The van der Waals surface area contributed by atoms with Gasteiger partial charge in [-0.1, -0.05) is 32.0 Å². The lowest BCUT2D eigenvalue weighted by Crippen LogP contribution is -2.33. The zero-order valence-electron chi connectivity index (χ0n) is 17.2. The number of carbonyl (C=O) groups excluding carboxylic acids is 2. The van der Waals surface area contributed by atoms with Crippen LogP contribution in [0.1, 0.15) is 47.8 Å². The van der Waals surface area contributed by atoms with Gasteiger partial charge in [-0.05, 0) is 49.1 Å². The van der Waals surface area contributed by atoms with Gasteiger partial charge in [0.15, 0.2) is 0 Å². The van der Waals surface area contributed by atoms with Gasteiger partial charge in [0.05, 0.1) is 18.4 Å². The van der Waals surface area contributed by atoms with E-state index in [0.717, 1.165) is 11.1 Å². The number of carbonyl (C=O) groups is 3. The van der Waals surface area contributed by atoms with E-state index in [9.17, 15) is 14.4 Å². The van der Waals surface area contributed by atoms with E-state index in [-0.39, 0.29) is 5.56 Å². The predicted octanol–water partition coefficient (Wildman–Crippen LogP) is 3.00. The Morgan fingerprint density at radius 1 is 1.03 bits per heavy atom. The summed E-state index contributed by atoms with van der Waals surface area (Å²) in [5.41, 5.74) is 5.08. The van der Waals surface area contributed by atoms with E-state index in [1.165, 1.54) is 24.4 Å². The van der Waals surface area contributed by atoms with Crippen molar-refractivity contribution in [3.05, 3.63) is 58.7 Å². The zero-order chi connectivity index (χ0) is 22.1. The van der Waals surface area contributed by atoms with Crippen molar-refractivity contribution in [1.82, 2.24) is 5.43 Å². The minimum Gasteiger partial charge on any atom is -0.493 e. The summed E-state index contributed by atoms with van der Waals surface area (Å²) in [6.45, 7) is 6.10. The Kier molecular flexibility index (Phi) is 8.10. The lowest BCUT2D eigenvalue weighted by atomic mass is 10.0. The number of rotatable bonds is 8. The molecule has 2 aromatic rings. The summed E-state index contributed by atoms with van der Waals surface area (Å²) in [7, 11) is 0. The van der Waals surface area contributed by atoms with Gasteiger partial charge in [0, 0.05) is 11.3 Å². The number of aromatic carboxylic acids is 1. The summed E-state index contributed by atoms with van der Waals surface area (Å²) in [4.78, 5) is 35.6. The van der Waals surface area contributed by atoms with Gasteiger partial charge >= 0.3 is 17.8 Å². The summed E-state index contributed by atoms with van der Waals surface area (Å²) in [6, 6.07) is 10.0. The molecule has 2 rings (SSSR count). The second-order valence-electron chi connectivity index (χ2n) is 6.30. The van der Waals surface area contributed by atoms with E-state index in [2.05, 4.69) is 15.8 Å². The average Bonchev–Trinajstić information content (AvgIpc) is 2.74. The Balaban J connectivity index is 2.12. The number of nitrogens with zero attached hydrogens (tertiary/aromatic N) is 1. The van der Waals surface area contributed by atoms with Crippen molar-refractivity contribution in [2.75, 3.05) is 11.9 Å². The molecule has 8 heteroatoms. The Hall–Kier alpha value is -3.68. The van der Waals surface area contributed by atoms with E-state index in [1.807, 2.05) is 32.0 Å². The van der Waals surface area contributed by atoms with Crippen molar-refractivity contribution in [3.8, 4) is 5.75 Å². The summed E-state index contributed by atoms with van der Waals surface area (Å²) in [5, 5.41) is 15.6. The van der Waals surface area contributed by atoms with Crippen LogP contribution in [0.4, 0.5) is 5.69 Å². The fraction of sp³-hybridized carbons (Fsp3) is 0.273. The third-order valence-corrected chi connectivity index (χ3v) is 4.37. The van der Waals surface area contributed by atoms with Crippen molar-refractivity contribution in [3.63, 3.8) is 0 Å². The van der Waals surface area contributed by atoms with Gasteiger partial charge in [-0.25, -0.2) is 10.2 Å². The first kappa shape index (κ1) is 22.6. The maximum atomic E-state index is 12.3. The molecule has 0 saturated heterocycles. The minimum atomic E-state index is -1.10. The summed E-state index contributed by atoms with van der Waals surface area (Å²) >= 11 is 0. The van der Waals surface area contributed by atoms with E-state index in [0.29, 0.717) is 36.4 Å². The lowest BCUT2D eigenvalue weighted by molar-refractivity contribution is -0.136. The molecule has 0 aromatic heterocycles. The molecule has 8 nitrogen and oxygen atoms in total. The van der Waals surface area contributed by atoms with Crippen molar-refractivity contribution in [2.24, 2.45) is 5.10 Å². The molecular weight excluding hydrogens is 386 g/mol. The second kappa shape index (κ2) is 10.8. The Morgan fingerprint density at radius 3 is 2.27 bits per heavy atom. The molecule has 0 aliphatic heterocycles. The largest absolute Gasteiger partial charge is 0.493 e. The highest BCUT2D eigenvalue weighted by molar-refractivity contribution is 6.39. The van der Waals surface area contributed by atoms with Crippen LogP contribution < -0.4 is 15.5 Å².